The Morgan fingerprint density at radius 2 is 2.25 bits per heavy atom. The molecule has 44 valence electrons. The number of rotatable bonds is 2. The van der Waals surface area contributed by atoms with Gasteiger partial charge in [0.2, 0.25) is 0 Å². The third-order valence-electron chi connectivity index (χ3n) is 0.418. The van der Waals surface area contributed by atoms with E-state index in [0.717, 1.165) is 0 Å². The molecule has 0 aromatic carbocycles. The van der Waals surface area contributed by atoms with Crippen molar-refractivity contribution >= 4 is 19.6 Å². The van der Waals surface area contributed by atoms with E-state index < -0.39 is 13.9 Å². The zero-order chi connectivity index (χ0) is 5.86. The number of alkyl halides is 1. The minimum atomic E-state index is -3.04. The van der Waals surface area contributed by atoms with Crippen LogP contribution in [0.25, 0.3) is 0 Å². The van der Waals surface area contributed by atoms with Gasteiger partial charge in [0.05, 0.1) is 5.88 Å². The van der Waals surface area contributed by atoms with Crippen LogP contribution in [0.15, 0.2) is 0 Å². The molecule has 8 heavy (non-hydrogen) atoms. The van der Waals surface area contributed by atoms with E-state index in [-0.39, 0.29) is 24.7 Å². The summed E-state index contributed by atoms with van der Waals surface area (Å²) in [6, 6.07) is 0. The SMILES string of the molecule is O=[PH]([O-])C(O)CCl.[Li+]. The Labute approximate surface area is 65.1 Å². The predicted octanol–water partition coefficient (Wildman–Crippen LogP) is -3.62. The molecule has 2 unspecified atom stereocenters. The third kappa shape index (κ3) is 5.18. The van der Waals surface area contributed by atoms with Crippen LogP contribution in [0.3, 0.4) is 0 Å². The Balaban J connectivity index is 0. The molecule has 1 N–H and O–H groups in total. The summed E-state index contributed by atoms with van der Waals surface area (Å²) in [6.07, 6.45) is 0. The topological polar surface area (TPSA) is 60.4 Å². The second-order valence-electron chi connectivity index (χ2n) is 0.989. The Bertz CT molecular complexity index is 79.7. The van der Waals surface area contributed by atoms with Gasteiger partial charge in [0.1, 0.15) is 5.85 Å². The summed E-state index contributed by atoms with van der Waals surface area (Å²) in [5.41, 5.74) is 0. The first kappa shape index (κ1) is 11.8. The van der Waals surface area contributed by atoms with E-state index in [2.05, 4.69) is 0 Å². The summed E-state index contributed by atoms with van der Waals surface area (Å²) in [7, 11) is -3.04. The van der Waals surface area contributed by atoms with E-state index in [1.807, 2.05) is 0 Å². The van der Waals surface area contributed by atoms with Gasteiger partial charge in [-0.25, -0.2) is 0 Å². The van der Waals surface area contributed by atoms with Crippen LogP contribution in [0.1, 0.15) is 0 Å². The number of aliphatic hydroxyl groups is 1. The summed E-state index contributed by atoms with van der Waals surface area (Å²) < 4.78 is 9.67. The van der Waals surface area contributed by atoms with Gasteiger partial charge in [-0.15, -0.1) is 11.6 Å². The quantitative estimate of drug-likeness (QED) is 0.251. The van der Waals surface area contributed by atoms with Crippen LogP contribution >= 0.6 is 19.6 Å². The molecular formula is C2H5ClLiO3P. The van der Waals surface area contributed by atoms with Gasteiger partial charge in [-0.05, 0) is 0 Å². The molecule has 0 saturated heterocycles. The van der Waals surface area contributed by atoms with E-state index in [0.29, 0.717) is 0 Å². The molecule has 0 radical (unpaired) electrons. The van der Waals surface area contributed by atoms with E-state index >= 15 is 0 Å². The summed E-state index contributed by atoms with van der Waals surface area (Å²) in [5.74, 6) is -1.58. The van der Waals surface area contributed by atoms with Gasteiger partial charge in [0.25, 0.3) is 0 Å². The molecule has 0 aliphatic heterocycles. The normalized spacial score (nSPS) is 16.4. The van der Waals surface area contributed by atoms with Crippen molar-refractivity contribution in [2.75, 3.05) is 5.88 Å². The van der Waals surface area contributed by atoms with Gasteiger partial charge in [0.15, 0.2) is 0 Å². The summed E-state index contributed by atoms with van der Waals surface area (Å²) >= 11 is 4.92. The molecule has 0 amide bonds. The van der Waals surface area contributed by atoms with Gasteiger partial charge in [-0.2, -0.15) is 0 Å². The fourth-order valence-electron chi connectivity index (χ4n) is 0.0630. The average molecular weight is 150 g/mol. The molecule has 0 aromatic heterocycles. The van der Waals surface area contributed by atoms with Crippen molar-refractivity contribution in [3.05, 3.63) is 0 Å². The van der Waals surface area contributed by atoms with Crippen LogP contribution in [0.5, 0.6) is 0 Å². The Morgan fingerprint density at radius 1 is 1.88 bits per heavy atom. The smallest absolute Gasteiger partial charge is 0.800 e. The van der Waals surface area contributed by atoms with Gasteiger partial charge in [0, 0.05) is 8.03 Å². The van der Waals surface area contributed by atoms with E-state index in [1.54, 1.807) is 0 Å². The van der Waals surface area contributed by atoms with Crippen molar-refractivity contribution in [1.29, 1.82) is 0 Å². The van der Waals surface area contributed by atoms with Crippen LogP contribution in [-0.2, 0) is 4.57 Å². The van der Waals surface area contributed by atoms with Crippen LogP contribution in [0, 0.1) is 0 Å². The van der Waals surface area contributed by atoms with Crippen LogP contribution in [-0.4, -0.2) is 16.8 Å². The Hall–Kier alpha value is 1.04. The number of hydrogen-bond acceptors (Lipinski definition) is 3. The monoisotopic (exact) mass is 150 g/mol. The minimum absolute atomic E-state index is 0. The minimum Gasteiger partial charge on any atom is -0.800 e. The second-order valence-corrected chi connectivity index (χ2v) is 2.60. The van der Waals surface area contributed by atoms with E-state index in [9.17, 15) is 9.46 Å². The van der Waals surface area contributed by atoms with Gasteiger partial charge < -0.3 is 14.6 Å². The molecule has 0 aliphatic rings. The fraction of sp³-hybridized carbons (Fsp3) is 1.00. The van der Waals surface area contributed by atoms with Crippen molar-refractivity contribution in [2.45, 2.75) is 5.85 Å². The zero-order valence-electron chi connectivity index (χ0n) is 4.43. The van der Waals surface area contributed by atoms with Gasteiger partial charge in [-0.1, -0.05) is 0 Å². The molecule has 0 heterocycles. The number of aliphatic hydroxyl groups excluding tert-OH is 1. The maximum absolute atomic E-state index is 9.67. The first-order valence-electron chi connectivity index (χ1n) is 1.63. The number of hydrogen-bond donors (Lipinski definition) is 1. The fourth-order valence-corrected chi connectivity index (χ4v) is 0.567. The first-order chi connectivity index (χ1) is 3.18. The van der Waals surface area contributed by atoms with Crippen LogP contribution < -0.4 is 23.8 Å². The second kappa shape index (κ2) is 6.16. The van der Waals surface area contributed by atoms with Crippen molar-refractivity contribution in [2.24, 2.45) is 0 Å². The predicted molar refractivity (Wildman–Crippen MR) is 25.7 cm³/mol. The molecule has 2 atom stereocenters. The standard InChI is InChI=1S/C2H6ClO3P.Li/c3-1-2(4)7(5)6;/h2,4,7H,1H2,(H,5,6);/q;+1/p-1. The summed E-state index contributed by atoms with van der Waals surface area (Å²) in [5, 5.41) is 8.22. The molecule has 0 aliphatic carbocycles. The van der Waals surface area contributed by atoms with Crippen molar-refractivity contribution < 1.29 is 33.4 Å². The molecule has 0 spiro atoms. The molecule has 0 aromatic rings. The van der Waals surface area contributed by atoms with E-state index in [4.69, 9.17) is 16.7 Å². The largest absolute Gasteiger partial charge is 1.00 e. The molecule has 0 rings (SSSR count). The average Bonchev–Trinajstić information content (AvgIpc) is 1.65. The van der Waals surface area contributed by atoms with Crippen LogP contribution in [0.2, 0.25) is 0 Å². The maximum Gasteiger partial charge on any atom is 1.00 e. The summed E-state index contributed by atoms with van der Waals surface area (Å²) in [6.45, 7) is 0. The molecule has 0 fully saturated rings. The number of halogens is 1. The molecule has 0 saturated carbocycles. The van der Waals surface area contributed by atoms with Crippen molar-refractivity contribution in [3.63, 3.8) is 0 Å². The van der Waals surface area contributed by atoms with Gasteiger partial charge in [-0.3, -0.25) is 0 Å². The third-order valence-corrected chi connectivity index (χ3v) is 1.72. The zero-order valence-corrected chi connectivity index (χ0v) is 6.18. The van der Waals surface area contributed by atoms with E-state index in [1.165, 1.54) is 0 Å². The molecular weight excluding hydrogens is 145 g/mol. The van der Waals surface area contributed by atoms with Crippen LogP contribution in [0.4, 0.5) is 0 Å². The Morgan fingerprint density at radius 3 is 2.25 bits per heavy atom. The molecule has 3 nitrogen and oxygen atoms in total. The van der Waals surface area contributed by atoms with Gasteiger partial charge >= 0.3 is 18.9 Å². The first-order valence-corrected chi connectivity index (χ1v) is 3.56. The maximum atomic E-state index is 9.67. The van der Waals surface area contributed by atoms with Crippen molar-refractivity contribution in [1.82, 2.24) is 0 Å². The molecule has 6 heteroatoms. The Kier molecular flexibility index (Phi) is 9.08. The van der Waals surface area contributed by atoms with Crippen molar-refractivity contribution in [3.8, 4) is 0 Å². The molecule has 0 bridgehead atoms. The summed E-state index contributed by atoms with van der Waals surface area (Å²) in [4.78, 5) is 9.67.